The van der Waals surface area contributed by atoms with Crippen LogP contribution in [0.15, 0.2) is 18.2 Å². The van der Waals surface area contributed by atoms with Crippen LogP contribution < -0.4 is 10.1 Å². The highest BCUT2D eigenvalue weighted by atomic mass is 19.4. The van der Waals surface area contributed by atoms with Gasteiger partial charge in [-0.1, -0.05) is 6.07 Å². The van der Waals surface area contributed by atoms with Crippen LogP contribution in [0.3, 0.4) is 0 Å². The maximum Gasteiger partial charge on any atom is 0.573 e. The molecule has 0 aromatic heterocycles. The maximum atomic E-state index is 12.2. The highest BCUT2D eigenvalue weighted by Crippen LogP contribution is 2.33. The molecule has 112 valence electrons. The molecular formula is C11H12F3NO5. The first-order chi connectivity index (χ1) is 9.24. The van der Waals surface area contributed by atoms with Crippen LogP contribution in [-0.2, 0) is 0 Å². The van der Waals surface area contributed by atoms with Crippen molar-refractivity contribution in [3.63, 3.8) is 0 Å². The Kier molecular flexibility index (Phi) is 5.17. The molecule has 0 bridgehead atoms. The normalized spacial score (nSPS) is 12.8. The number of alkyl halides is 3. The van der Waals surface area contributed by atoms with Crippen LogP contribution in [-0.4, -0.2) is 46.9 Å². The van der Waals surface area contributed by atoms with Crippen molar-refractivity contribution < 1.29 is 38.0 Å². The highest BCUT2D eigenvalue weighted by molar-refractivity contribution is 5.96. The molecule has 0 spiro atoms. The minimum absolute atomic E-state index is 0.338. The molecule has 0 radical (unpaired) electrons. The first kappa shape index (κ1) is 16.1. The number of carboxylic acids is 1. The van der Waals surface area contributed by atoms with Crippen molar-refractivity contribution >= 4 is 11.7 Å². The molecule has 0 amide bonds. The van der Waals surface area contributed by atoms with E-state index in [2.05, 4.69) is 10.1 Å². The van der Waals surface area contributed by atoms with Crippen molar-refractivity contribution in [3.05, 3.63) is 23.8 Å². The Bertz CT molecular complexity index is 478. The molecule has 4 N–H and O–H groups in total. The highest BCUT2D eigenvalue weighted by Gasteiger charge is 2.33. The third-order valence-electron chi connectivity index (χ3n) is 2.21. The van der Waals surface area contributed by atoms with E-state index in [0.29, 0.717) is 0 Å². The van der Waals surface area contributed by atoms with E-state index >= 15 is 0 Å². The second kappa shape index (κ2) is 6.44. The van der Waals surface area contributed by atoms with Gasteiger partial charge in [-0.2, -0.15) is 0 Å². The van der Waals surface area contributed by atoms with Gasteiger partial charge in [0.15, 0.2) is 5.75 Å². The number of halogens is 3. The fraction of sp³-hybridized carbons (Fsp3) is 0.364. The maximum absolute atomic E-state index is 12.2. The van der Waals surface area contributed by atoms with E-state index in [0.717, 1.165) is 18.2 Å². The number of hydrogen-bond donors (Lipinski definition) is 4. The Hall–Kier alpha value is -2.00. The number of aliphatic hydroxyl groups is 2. The van der Waals surface area contributed by atoms with E-state index in [1.165, 1.54) is 0 Å². The Labute approximate surface area is 111 Å². The summed E-state index contributed by atoms with van der Waals surface area (Å²) in [6.07, 6.45) is -6.24. The molecule has 0 saturated heterocycles. The monoisotopic (exact) mass is 295 g/mol. The number of para-hydroxylation sites is 1. The summed E-state index contributed by atoms with van der Waals surface area (Å²) in [5, 5.41) is 29.0. The van der Waals surface area contributed by atoms with Gasteiger partial charge < -0.3 is 25.4 Å². The molecule has 0 aliphatic heterocycles. The van der Waals surface area contributed by atoms with Crippen molar-refractivity contribution in [2.24, 2.45) is 0 Å². The average Bonchev–Trinajstić information content (AvgIpc) is 2.34. The summed E-state index contributed by atoms with van der Waals surface area (Å²) in [4.78, 5) is 11.0. The summed E-state index contributed by atoms with van der Waals surface area (Å²) < 4.78 is 40.4. The smallest absolute Gasteiger partial charge is 0.478 e. The van der Waals surface area contributed by atoms with Gasteiger partial charge in [0.05, 0.1) is 24.0 Å². The van der Waals surface area contributed by atoms with E-state index < -0.39 is 42.0 Å². The summed E-state index contributed by atoms with van der Waals surface area (Å²) in [6.45, 7) is -0.966. The zero-order chi connectivity index (χ0) is 15.3. The summed E-state index contributed by atoms with van der Waals surface area (Å²) in [6, 6.07) is 3.12. The molecule has 0 aliphatic carbocycles. The van der Waals surface area contributed by atoms with Gasteiger partial charge >= 0.3 is 12.3 Å². The van der Waals surface area contributed by atoms with Crippen molar-refractivity contribution in [2.75, 3.05) is 18.5 Å². The van der Waals surface area contributed by atoms with Gasteiger partial charge in [-0.3, -0.25) is 0 Å². The molecule has 6 nitrogen and oxygen atoms in total. The molecule has 0 heterocycles. The quantitative estimate of drug-likeness (QED) is 0.626. The SMILES string of the molecule is O=C(O)c1cccc(OC(F)(F)F)c1NCC(O)CO. The summed E-state index contributed by atoms with van der Waals surface area (Å²) >= 11 is 0. The van der Waals surface area contributed by atoms with Crippen molar-refractivity contribution in [1.82, 2.24) is 0 Å². The number of aliphatic hydroxyl groups excluding tert-OH is 2. The number of anilines is 1. The zero-order valence-corrected chi connectivity index (χ0v) is 10.0. The zero-order valence-electron chi connectivity index (χ0n) is 10.0. The predicted octanol–water partition coefficient (Wildman–Crippen LogP) is 1.05. The molecule has 0 saturated carbocycles. The van der Waals surface area contributed by atoms with Crippen LogP contribution >= 0.6 is 0 Å². The number of carbonyl (C=O) groups is 1. The molecule has 0 fully saturated rings. The van der Waals surface area contributed by atoms with Crippen LogP contribution in [0.1, 0.15) is 10.4 Å². The summed E-state index contributed by atoms with van der Waals surface area (Å²) in [5.41, 5.74) is -0.873. The Morgan fingerprint density at radius 2 is 2.05 bits per heavy atom. The van der Waals surface area contributed by atoms with Gasteiger partial charge in [-0.25, -0.2) is 4.79 Å². The van der Waals surface area contributed by atoms with Gasteiger partial charge in [-0.05, 0) is 12.1 Å². The van der Waals surface area contributed by atoms with Gasteiger partial charge in [0.1, 0.15) is 0 Å². The number of rotatable bonds is 6. The minimum atomic E-state index is -4.98. The fourth-order valence-electron chi connectivity index (χ4n) is 1.39. The molecule has 1 rings (SSSR count). The lowest BCUT2D eigenvalue weighted by Crippen LogP contribution is -2.25. The van der Waals surface area contributed by atoms with Gasteiger partial charge in [0, 0.05) is 6.54 Å². The third kappa shape index (κ3) is 4.59. The first-order valence-corrected chi connectivity index (χ1v) is 5.39. The molecule has 20 heavy (non-hydrogen) atoms. The average molecular weight is 295 g/mol. The molecule has 1 atom stereocenters. The third-order valence-corrected chi connectivity index (χ3v) is 2.21. The van der Waals surface area contributed by atoms with Crippen LogP contribution in [0.25, 0.3) is 0 Å². The number of benzene rings is 1. The van der Waals surface area contributed by atoms with Crippen LogP contribution in [0.4, 0.5) is 18.9 Å². The van der Waals surface area contributed by atoms with Crippen LogP contribution in [0.2, 0.25) is 0 Å². The number of carboxylic acid groups (broad SMARTS) is 1. The number of nitrogens with one attached hydrogen (secondary N) is 1. The molecular weight excluding hydrogens is 283 g/mol. The van der Waals surface area contributed by atoms with E-state index in [1.54, 1.807) is 0 Å². The largest absolute Gasteiger partial charge is 0.573 e. The lowest BCUT2D eigenvalue weighted by molar-refractivity contribution is -0.274. The Balaban J connectivity index is 3.09. The van der Waals surface area contributed by atoms with Crippen LogP contribution in [0, 0.1) is 0 Å². The van der Waals surface area contributed by atoms with Crippen molar-refractivity contribution in [3.8, 4) is 5.75 Å². The van der Waals surface area contributed by atoms with E-state index in [-0.39, 0.29) is 6.54 Å². The van der Waals surface area contributed by atoms with Gasteiger partial charge in [0.2, 0.25) is 0 Å². The predicted molar refractivity (Wildman–Crippen MR) is 61.7 cm³/mol. The topological polar surface area (TPSA) is 99.0 Å². The summed E-state index contributed by atoms with van der Waals surface area (Å²) in [5.74, 6) is -2.19. The lowest BCUT2D eigenvalue weighted by Gasteiger charge is -2.17. The molecule has 1 aromatic rings. The molecule has 1 unspecified atom stereocenters. The molecule has 9 heteroatoms. The Morgan fingerprint density at radius 3 is 2.55 bits per heavy atom. The van der Waals surface area contributed by atoms with E-state index in [9.17, 15) is 18.0 Å². The lowest BCUT2D eigenvalue weighted by atomic mass is 10.1. The first-order valence-electron chi connectivity index (χ1n) is 5.39. The Morgan fingerprint density at radius 1 is 1.40 bits per heavy atom. The van der Waals surface area contributed by atoms with Gasteiger partial charge in [-0.15, -0.1) is 13.2 Å². The minimum Gasteiger partial charge on any atom is -0.478 e. The standard InChI is InChI=1S/C11H12F3NO5/c12-11(13,14)20-8-3-1-2-7(10(18)19)9(8)15-4-6(17)5-16/h1-3,6,15-17H,4-5H2,(H,18,19). The second-order valence-corrected chi connectivity index (χ2v) is 3.75. The van der Waals surface area contributed by atoms with Crippen molar-refractivity contribution in [2.45, 2.75) is 12.5 Å². The second-order valence-electron chi connectivity index (χ2n) is 3.75. The fourth-order valence-corrected chi connectivity index (χ4v) is 1.39. The summed E-state index contributed by atoms with van der Waals surface area (Å²) in [7, 11) is 0. The number of aromatic carboxylic acids is 1. The molecule has 0 aliphatic rings. The van der Waals surface area contributed by atoms with Gasteiger partial charge in [0.25, 0.3) is 0 Å². The number of hydrogen-bond acceptors (Lipinski definition) is 5. The van der Waals surface area contributed by atoms with Crippen molar-refractivity contribution in [1.29, 1.82) is 0 Å². The van der Waals surface area contributed by atoms with E-state index in [1.807, 2.05) is 0 Å². The number of ether oxygens (including phenoxy) is 1. The van der Waals surface area contributed by atoms with Crippen LogP contribution in [0.5, 0.6) is 5.75 Å². The molecule has 1 aromatic carbocycles. The van der Waals surface area contributed by atoms with E-state index in [4.69, 9.17) is 15.3 Å².